The summed E-state index contributed by atoms with van der Waals surface area (Å²) >= 11 is 0. The molecule has 1 aromatic carbocycles. The van der Waals surface area contributed by atoms with Crippen LogP contribution in [0.4, 0.5) is 5.69 Å². The molecule has 3 rings (SSSR count). The minimum atomic E-state index is -0.941. The fourth-order valence-corrected chi connectivity index (χ4v) is 3.19. The Bertz CT molecular complexity index is 744. The van der Waals surface area contributed by atoms with Crippen LogP contribution in [0.2, 0.25) is 0 Å². The summed E-state index contributed by atoms with van der Waals surface area (Å²) in [4.78, 5) is 49.8. The van der Waals surface area contributed by atoms with Crippen LogP contribution < -0.4 is 10.6 Å². The molecule has 2 N–H and O–H groups in total. The zero-order valence-electron chi connectivity index (χ0n) is 13.8. The molecule has 0 aromatic heterocycles. The molecule has 0 spiro atoms. The van der Waals surface area contributed by atoms with Gasteiger partial charge in [-0.3, -0.25) is 29.4 Å². The molecule has 1 fully saturated rings. The molecule has 131 valence electrons. The number of nitrogens with one attached hydrogen (secondary N) is 2. The van der Waals surface area contributed by atoms with E-state index in [1.165, 1.54) is 0 Å². The van der Waals surface area contributed by atoms with Crippen LogP contribution in [0.15, 0.2) is 18.2 Å². The van der Waals surface area contributed by atoms with Gasteiger partial charge in [-0.1, -0.05) is 25.8 Å². The van der Waals surface area contributed by atoms with E-state index in [4.69, 9.17) is 0 Å². The van der Waals surface area contributed by atoms with Crippen molar-refractivity contribution < 1.29 is 19.2 Å². The van der Waals surface area contributed by atoms with Crippen LogP contribution in [0.25, 0.3) is 0 Å². The lowest BCUT2D eigenvalue weighted by atomic mass is 10.0. The Morgan fingerprint density at radius 2 is 1.96 bits per heavy atom. The molecule has 2 aliphatic rings. The number of carbonyl (C=O) groups excluding carboxylic acids is 4. The number of piperidine rings is 1. The van der Waals surface area contributed by atoms with Crippen molar-refractivity contribution in [2.75, 3.05) is 11.9 Å². The first-order chi connectivity index (χ1) is 12.0. The molecule has 1 saturated heterocycles. The number of imide groups is 2. The first kappa shape index (κ1) is 17.1. The fourth-order valence-electron chi connectivity index (χ4n) is 3.19. The summed E-state index contributed by atoms with van der Waals surface area (Å²) in [5, 5.41) is 5.38. The molecule has 1 aromatic rings. The van der Waals surface area contributed by atoms with Gasteiger partial charge in [0.25, 0.3) is 11.8 Å². The van der Waals surface area contributed by atoms with Crippen LogP contribution in [-0.2, 0) is 9.59 Å². The summed E-state index contributed by atoms with van der Waals surface area (Å²) in [6, 6.07) is 4.11. The quantitative estimate of drug-likeness (QED) is 0.603. The smallest absolute Gasteiger partial charge is 0.264 e. The van der Waals surface area contributed by atoms with E-state index < -0.39 is 23.8 Å². The largest absolute Gasteiger partial charge is 0.384 e. The molecule has 2 aliphatic heterocycles. The van der Waals surface area contributed by atoms with Gasteiger partial charge in [0.1, 0.15) is 6.04 Å². The van der Waals surface area contributed by atoms with E-state index in [-0.39, 0.29) is 24.3 Å². The van der Waals surface area contributed by atoms with E-state index in [2.05, 4.69) is 17.6 Å². The average molecular weight is 342 g/mol. The van der Waals surface area contributed by atoms with Gasteiger partial charge in [-0.05, 0) is 25.0 Å². The van der Waals surface area contributed by atoms with E-state index >= 15 is 0 Å². The Morgan fingerprint density at radius 1 is 1.16 bits per heavy atom. The zero-order chi connectivity index (χ0) is 18.0. The van der Waals surface area contributed by atoms with Crippen molar-refractivity contribution in [3.8, 4) is 0 Å². The van der Waals surface area contributed by atoms with E-state index in [9.17, 15) is 19.2 Å². The number of rotatable bonds is 6. The molecule has 25 heavy (non-hydrogen) atoms. The molecule has 0 aliphatic carbocycles. The third-order valence-corrected chi connectivity index (χ3v) is 4.46. The molecule has 7 nitrogen and oxygen atoms in total. The fraction of sp³-hybridized carbons (Fsp3) is 0.389. The molecule has 1 unspecified atom stereocenters. The monoisotopic (exact) mass is 342 g/mol. The third kappa shape index (κ3) is 3.14. The predicted molar refractivity (Wildman–Crippen MR) is 90.8 cm³/mol. The van der Waals surface area contributed by atoms with Gasteiger partial charge in [-0.15, -0.1) is 0 Å². The Morgan fingerprint density at radius 3 is 2.68 bits per heavy atom. The lowest BCUT2D eigenvalue weighted by Gasteiger charge is -2.27. The molecular formula is C18H20N3O4. The maximum Gasteiger partial charge on any atom is 0.264 e. The number of nitrogens with zero attached hydrogens (tertiary/aromatic N) is 1. The molecular weight excluding hydrogens is 322 g/mol. The van der Waals surface area contributed by atoms with Crippen LogP contribution >= 0.6 is 0 Å². The summed E-state index contributed by atoms with van der Waals surface area (Å²) < 4.78 is 0. The van der Waals surface area contributed by atoms with Gasteiger partial charge in [-0.2, -0.15) is 0 Å². The van der Waals surface area contributed by atoms with Crippen LogP contribution in [0.3, 0.4) is 0 Å². The minimum Gasteiger partial charge on any atom is -0.384 e. The van der Waals surface area contributed by atoms with Gasteiger partial charge in [0, 0.05) is 18.7 Å². The Balaban J connectivity index is 1.84. The van der Waals surface area contributed by atoms with E-state index in [0.717, 1.165) is 24.2 Å². The van der Waals surface area contributed by atoms with Gasteiger partial charge >= 0.3 is 0 Å². The Labute approximate surface area is 145 Å². The second kappa shape index (κ2) is 7.04. The van der Waals surface area contributed by atoms with Crippen molar-refractivity contribution in [3.05, 3.63) is 36.2 Å². The Kier molecular flexibility index (Phi) is 4.83. The first-order valence-electron chi connectivity index (χ1n) is 8.42. The van der Waals surface area contributed by atoms with Crippen molar-refractivity contribution in [3.63, 3.8) is 0 Å². The van der Waals surface area contributed by atoms with Crippen molar-refractivity contribution in [1.29, 1.82) is 0 Å². The standard InChI is InChI=1S/C18H20N3O4/c1-2-3-4-10-19-12-7-5-6-11-15(12)18(25)21(17(11)24)13-8-9-14(22)20-16(13)23/h5-7,13,19H,1-4,8-10H2,(H,20,22,23). The highest BCUT2D eigenvalue weighted by Crippen LogP contribution is 2.32. The van der Waals surface area contributed by atoms with Crippen LogP contribution in [-0.4, -0.2) is 41.1 Å². The number of hydrogen-bond donors (Lipinski definition) is 2. The number of carbonyl (C=O) groups is 4. The van der Waals surface area contributed by atoms with E-state index in [1.54, 1.807) is 18.2 Å². The SMILES string of the molecule is [CH2]CCCCNc1cccc2c1C(=O)N(C1CCC(=O)NC1=O)C2=O. The van der Waals surface area contributed by atoms with Crippen molar-refractivity contribution in [2.45, 2.75) is 38.1 Å². The molecule has 2 heterocycles. The summed E-state index contributed by atoms with van der Waals surface area (Å²) in [5.41, 5.74) is 1.18. The number of hydrogen-bond acceptors (Lipinski definition) is 5. The van der Waals surface area contributed by atoms with Crippen LogP contribution in [0, 0.1) is 6.92 Å². The second-order valence-electron chi connectivity index (χ2n) is 6.16. The number of benzene rings is 1. The number of anilines is 1. The maximum absolute atomic E-state index is 12.8. The van der Waals surface area contributed by atoms with Gasteiger partial charge in [0.2, 0.25) is 11.8 Å². The van der Waals surface area contributed by atoms with Crippen LogP contribution in [0.1, 0.15) is 52.8 Å². The second-order valence-corrected chi connectivity index (χ2v) is 6.16. The predicted octanol–water partition coefficient (Wildman–Crippen LogP) is 1.50. The lowest BCUT2D eigenvalue weighted by molar-refractivity contribution is -0.136. The van der Waals surface area contributed by atoms with Gasteiger partial charge in [0.05, 0.1) is 11.1 Å². The summed E-state index contributed by atoms with van der Waals surface area (Å²) in [6.07, 6.45) is 2.99. The highest BCUT2D eigenvalue weighted by molar-refractivity contribution is 6.25. The first-order valence-corrected chi connectivity index (χ1v) is 8.42. The van der Waals surface area contributed by atoms with Crippen molar-refractivity contribution >= 4 is 29.3 Å². The van der Waals surface area contributed by atoms with Gasteiger partial charge in [0.15, 0.2) is 0 Å². The van der Waals surface area contributed by atoms with Crippen molar-refractivity contribution in [2.24, 2.45) is 0 Å². The summed E-state index contributed by atoms with van der Waals surface area (Å²) in [6.45, 7) is 4.46. The third-order valence-electron chi connectivity index (χ3n) is 4.46. The highest BCUT2D eigenvalue weighted by Gasteiger charge is 2.45. The van der Waals surface area contributed by atoms with Crippen LogP contribution in [0.5, 0.6) is 0 Å². The van der Waals surface area contributed by atoms with Crippen molar-refractivity contribution in [1.82, 2.24) is 10.2 Å². The molecule has 7 heteroatoms. The number of amides is 4. The maximum atomic E-state index is 12.8. The normalized spacial score (nSPS) is 19.9. The molecule has 4 amide bonds. The minimum absolute atomic E-state index is 0.111. The van der Waals surface area contributed by atoms with Gasteiger partial charge < -0.3 is 5.32 Å². The molecule has 0 bridgehead atoms. The summed E-state index contributed by atoms with van der Waals surface area (Å²) in [5.74, 6) is -1.97. The topological polar surface area (TPSA) is 95.6 Å². The highest BCUT2D eigenvalue weighted by atomic mass is 16.2. The zero-order valence-corrected chi connectivity index (χ0v) is 13.8. The molecule has 1 radical (unpaired) electrons. The van der Waals surface area contributed by atoms with E-state index in [0.29, 0.717) is 17.8 Å². The number of fused-ring (bicyclic) bond motifs is 1. The Hall–Kier alpha value is -2.70. The van der Waals surface area contributed by atoms with E-state index in [1.807, 2.05) is 0 Å². The lowest BCUT2D eigenvalue weighted by Crippen LogP contribution is -2.54. The molecule has 1 atom stereocenters. The summed E-state index contributed by atoms with van der Waals surface area (Å²) in [7, 11) is 0. The molecule has 0 saturated carbocycles. The average Bonchev–Trinajstić information content (AvgIpc) is 2.84. The van der Waals surface area contributed by atoms with Gasteiger partial charge in [-0.25, -0.2) is 0 Å². The number of unbranched alkanes of at least 4 members (excludes halogenated alkanes) is 2.